The Morgan fingerprint density at radius 1 is 1.42 bits per heavy atom. The lowest BCUT2D eigenvalue weighted by molar-refractivity contribution is -0.142. The van der Waals surface area contributed by atoms with Gasteiger partial charge in [0.1, 0.15) is 5.82 Å². The predicted molar refractivity (Wildman–Crippen MR) is 68.9 cm³/mol. The number of rotatable bonds is 4. The summed E-state index contributed by atoms with van der Waals surface area (Å²) in [5.41, 5.74) is 1.09. The molecule has 1 aliphatic rings. The second-order valence-corrected chi connectivity index (χ2v) is 4.70. The van der Waals surface area contributed by atoms with E-state index in [1.165, 1.54) is 0 Å². The van der Waals surface area contributed by atoms with Gasteiger partial charge in [0.15, 0.2) is 0 Å². The van der Waals surface area contributed by atoms with E-state index in [1.54, 1.807) is 12.5 Å². The van der Waals surface area contributed by atoms with Crippen LogP contribution >= 0.6 is 0 Å². The lowest BCUT2D eigenvalue weighted by Crippen LogP contribution is -2.50. The van der Waals surface area contributed by atoms with Gasteiger partial charge in [0, 0.05) is 38.2 Å². The number of carbonyl (C=O) groups is 1. The van der Waals surface area contributed by atoms with Crippen molar-refractivity contribution in [1.82, 2.24) is 14.5 Å². The minimum Gasteiger partial charge on any atom is -0.481 e. The Bertz CT molecular complexity index is 559. The van der Waals surface area contributed by atoms with Crippen LogP contribution in [0.5, 0.6) is 0 Å². The van der Waals surface area contributed by atoms with Gasteiger partial charge in [-0.3, -0.25) is 4.79 Å². The van der Waals surface area contributed by atoms with Gasteiger partial charge in [0.25, 0.3) is 0 Å². The lowest BCUT2D eigenvalue weighted by atomic mass is 10.0. The van der Waals surface area contributed by atoms with Gasteiger partial charge in [-0.05, 0) is 11.6 Å². The zero-order valence-corrected chi connectivity index (χ0v) is 10.3. The highest BCUT2D eigenvalue weighted by atomic mass is 16.4. The van der Waals surface area contributed by atoms with Crippen LogP contribution in [0.4, 0.5) is 5.82 Å². The number of aliphatic carboxylic acids is 1. The highest BCUT2D eigenvalue weighted by molar-refractivity contribution is 5.74. The third-order valence-corrected chi connectivity index (χ3v) is 3.29. The molecule has 6 heteroatoms. The number of anilines is 1. The largest absolute Gasteiger partial charge is 0.481 e. The van der Waals surface area contributed by atoms with E-state index in [4.69, 9.17) is 5.11 Å². The molecular formula is C13H14N4O2. The summed E-state index contributed by atoms with van der Waals surface area (Å²) >= 11 is 0. The number of carboxylic acid groups (broad SMARTS) is 1. The highest BCUT2D eigenvalue weighted by Gasteiger charge is 2.33. The number of carboxylic acids is 1. The Hall–Kier alpha value is -2.37. The molecule has 19 heavy (non-hydrogen) atoms. The molecule has 0 radical (unpaired) electrons. The number of imidazole rings is 1. The van der Waals surface area contributed by atoms with E-state index in [-0.39, 0.29) is 5.92 Å². The molecule has 3 rings (SSSR count). The fourth-order valence-electron chi connectivity index (χ4n) is 2.11. The van der Waals surface area contributed by atoms with Crippen LogP contribution in [0.2, 0.25) is 0 Å². The van der Waals surface area contributed by atoms with Gasteiger partial charge >= 0.3 is 5.97 Å². The van der Waals surface area contributed by atoms with Crippen molar-refractivity contribution in [3.63, 3.8) is 0 Å². The highest BCUT2D eigenvalue weighted by Crippen LogP contribution is 2.22. The van der Waals surface area contributed by atoms with Gasteiger partial charge in [0.2, 0.25) is 0 Å². The van der Waals surface area contributed by atoms with Gasteiger partial charge in [-0.15, -0.1) is 0 Å². The van der Waals surface area contributed by atoms with E-state index in [9.17, 15) is 4.79 Å². The van der Waals surface area contributed by atoms with Gasteiger partial charge in [-0.1, -0.05) is 6.07 Å². The van der Waals surface area contributed by atoms with E-state index in [2.05, 4.69) is 9.97 Å². The maximum absolute atomic E-state index is 10.7. The average Bonchev–Trinajstić information content (AvgIpc) is 2.82. The molecule has 3 heterocycles. The first-order valence-electron chi connectivity index (χ1n) is 6.11. The summed E-state index contributed by atoms with van der Waals surface area (Å²) in [6.07, 6.45) is 7.24. The molecule has 0 atom stereocenters. The molecule has 0 unspecified atom stereocenters. The molecule has 1 saturated heterocycles. The summed E-state index contributed by atoms with van der Waals surface area (Å²) in [5, 5.41) is 8.83. The van der Waals surface area contributed by atoms with Crippen LogP contribution in [0.3, 0.4) is 0 Å². The lowest BCUT2D eigenvalue weighted by Gasteiger charge is -2.37. The first-order valence-corrected chi connectivity index (χ1v) is 6.11. The SMILES string of the molecule is O=C(O)C1CN(c2ccc(Cn3ccnc3)cn2)C1. The molecule has 0 bridgehead atoms. The molecule has 2 aromatic heterocycles. The van der Waals surface area contributed by atoms with Gasteiger partial charge in [0.05, 0.1) is 12.2 Å². The average molecular weight is 258 g/mol. The summed E-state index contributed by atoms with van der Waals surface area (Å²) in [6, 6.07) is 3.95. The van der Waals surface area contributed by atoms with Crippen molar-refractivity contribution < 1.29 is 9.90 Å². The summed E-state index contributed by atoms with van der Waals surface area (Å²) in [5.74, 6) is -0.146. The van der Waals surface area contributed by atoms with E-state index in [0.29, 0.717) is 13.1 Å². The zero-order valence-electron chi connectivity index (χ0n) is 10.3. The molecule has 1 fully saturated rings. The van der Waals surface area contributed by atoms with Crippen LogP contribution in [0.25, 0.3) is 0 Å². The molecular weight excluding hydrogens is 244 g/mol. The second-order valence-electron chi connectivity index (χ2n) is 4.70. The van der Waals surface area contributed by atoms with E-state index >= 15 is 0 Å². The smallest absolute Gasteiger partial charge is 0.310 e. The zero-order chi connectivity index (χ0) is 13.2. The molecule has 0 aliphatic carbocycles. The van der Waals surface area contributed by atoms with Crippen molar-refractivity contribution in [2.45, 2.75) is 6.54 Å². The number of pyridine rings is 1. The molecule has 0 saturated carbocycles. The van der Waals surface area contributed by atoms with Crippen molar-refractivity contribution in [2.24, 2.45) is 5.92 Å². The molecule has 2 aromatic rings. The monoisotopic (exact) mass is 258 g/mol. The molecule has 98 valence electrons. The van der Waals surface area contributed by atoms with Gasteiger partial charge < -0.3 is 14.6 Å². The third kappa shape index (κ3) is 2.42. The molecule has 0 amide bonds. The molecule has 1 aliphatic heterocycles. The van der Waals surface area contributed by atoms with Crippen molar-refractivity contribution in [3.8, 4) is 0 Å². The summed E-state index contributed by atoms with van der Waals surface area (Å²) in [7, 11) is 0. The fourth-order valence-corrected chi connectivity index (χ4v) is 2.11. The van der Waals surface area contributed by atoms with Crippen LogP contribution in [-0.4, -0.2) is 38.7 Å². The number of nitrogens with zero attached hydrogens (tertiary/aromatic N) is 4. The third-order valence-electron chi connectivity index (χ3n) is 3.29. The molecule has 0 aromatic carbocycles. The second kappa shape index (κ2) is 4.72. The van der Waals surface area contributed by atoms with E-state index in [1.807, 2.05) is 34.0 Å². The first kappa shape index (κ1) is 11.7. The van der Waals surface area contributed by atoms with Crippen molar-refractivity contribution >= 4 is 11.8 Å². The quantitative estimate of drug-likeness (QED) is 0.880. The number of hydrogen-bond acceptors (Lipinski definition) is 4. The van der Waals surface area contributed by atoms with Crippen LogP contribution in [0.15, 0.2) is 37.1 Å². The minimum atomic E-state index is -0.729. The Morgan fingerprint density at radius 2 is 2.26 bits per heavy atom. The molecule has 0 spiro atoms. The fraction of sp³-hybridized carbons (Fsp3) is 0.308. The molecule has 1 N–H and O–H groups in total. The minimum absolute atomic E-state index is 0.257. The Balaban J connectivity index is 1.62. The summed E-state index contributed by atoms with van der Waals surface area (Å²) in [4.78, 5) is 21.1. The van der Waals surface area contributed by atoms with Crippen LogP contribution in [0.1, 0.15) is 5.56 Å². The van der Waals surface area contributed by atoms with Crippen LogP contribution < -0.4 is 4.90 Å². The Kier molecular flexibility index (Phi) is 2.91. The van der Waals surface area contributed by atoms with Gasteiger partial charge in [-0.2, -0.15) is 0 Å². The van der Waals surface area contributed by atoms with Gasteiger partial charge in [-0.25, -0.2) is 9.97 Å². The summed E-state index contributed by atoms with van der Waals surface area (Å²) < 4.78 is 1.97. The summed E-state index contributed by atoms with van der Waals surface area (Å²) in [6.45, 7) is 1.83. The number of hydrogen-bond donors (Lipinski definition) is 1. The predicted octanol–water partition coefficient (Wildman–Crippen LogP) is 0.847. The maximum atomic E-state index is 10.7. The Labute approximate surface area is 110 Å². The Morgan fingerprint density at radius 3 is 2.84 bits per heavy atom. The van der Waals surface area contributed by atoms with E-state index < -0.39 is 5.97 Å². The maximum Gasteiger partial charge on any atom is 0.310 e. The van der Waals surface area contributed by atoms with Crippen molar-refractivity contribution in [1.29, 1.82) is 0 Å². The van der Waals surface area contributed by atoms with E-state index in [0.717, 1.165) is 17.9 Å². The normalized spacial score (nSPS) is 15.3. The standard InChI is InChI=1S/C13H14N4O2/c18-13(19)11-7-17(8-11)12-2-1-10(5-15-12)6-16-4-3-14-9-16/h1-5,9,11H,6-8H2,(H,18,19). The first-order chi connectivity index (χ1) is 9.22. The van der Waals surface area contributed by atoms with Crippen LogP contribution in [0, 0.1) is 5.92 Å². The van der Waals surface area contributed by atoms with Crippen molar-refractivity contribution in [2.75, 3.05) is 18.0 Å². The topological polar surface area (TPSA) is 71.2 Å². The van der Waals surface area contributed by atoms with Crippen molar-refractivity contribution in [3.05, 3.63) is 42.6 Å². The number of aromatic nitrogens is 3. The van der Waals surface area contributed by atoms with Crippen LogP contribution in [-0.2, 0) is 11.3 Å². The molecule has 6 nitrogen and oxygen atoms in total.